The minimum Gasteiger partial charge on any atom is -0.496 e. The Morgan fingerprint density at radius 2 is 2.00 bits per heavy atom. The van der Waals surface area contributed by atoms with Crippen molar-refractivity contribution in [2.45, 2.75) is 26.9 Å². The van der Waals surface area contributed by atoms with E-state index in [0.29, 0.717) is 13.1 Å². The van der Waals surface area contributed by atoms with Gasteiger partial charge in [0.05, 0.1) is 18.3 Å². The number of nitrogens with one attached hydrogen (secondary N) is 1. The quantitative estimate of drug-likeness (QED) is 0.457. The van der Waals surface area contributed by atoms with Crippen LogP contribution in [-0.4, -0.2) is 45.5 Å². The fourth-order valence-corrected chi connectivity index (χ4v) is 4.57. The van der Waals surface area contributed by atoms with Crippen molar-refractivity contribution in [2.24, 2.45) is 0 Å². The van der Waals surface area contributed by atoms with Gasteiger partial charge in [-0.05, 0) is 49.7 Å². The van der Waals surface area contributed by atoms with Crippen LogP contribution in [0.25, 0.3) is 22.2 Å². The van der Waals surface area contributed by atoms with Crippen molar-refractivity contribution < 1.29 is 9.53 Å². The van der Waals surface area contributed by atoms with Crippen LogP contribution in [0.15, 0.2) is 54.9 Å². The Labute approximate surface area is 193 Å². The highest BCUT2D eigenvalue weighted by molar-refractivity contribution is 5.99. The molecule has 0 saturated carbocycles. The second kappa shape index (κ2) is 8.58. The molecule has 33 heavy (non-hydrogen) atoms. The number of anilines is 1. The molecule has 7 nitrogen and oxygen atoms in total. The number of aryl methyl sites for hydroxylation is 1. The fourth-order valence-electron chi connectivity index (χ4n) is 4.57. The first kappa shape index (κ1) is 21.0. The summed E-state index contributed by atoms with van der Waals surface area (Å²) < 4.78 is 7.79. The lowest BCUT2D eigenvalue weighted by atomic mass is 10.0. The zero-order valence-corrected chi connectivity index (χ0v) is 19.1. The number of hydrogen-bond donors (Lipinski definition) is 1. The summed E-state index contributed by atoms with van der Waals surface area (Å²) in [4.78, 5) is 23.1. The number of nitrogens with zero attached hydrogens (tertiary/aromatic N) is 4. The molecule has 1 aliphatic heterocycles. The lowest BCUT2D eigenvalue weighted by molar-refractivity contribution is 0.0787. The third kappa shape index (κ3) is 3.80. The molecule has 4 aromatic rings. The van der Waals surface area contributed by atoms with Crippen molar-refractivity contribution in [3.8, 4) is 17.0 Å². The number of benzene rings is 2. The second-order valence-corrected chi connectivity index (χ2v) is 8.24. The van der Waals surface area contributed by atoms with Gasteiger partial charge in [0.15, 0.2) is 0 Å². The standard InChI is InChI=1S/C26H27N5O2/c1-4-30-15-19-13-18(8-9-20(19)26(30)32)22-14-25(29-16-28-22)27-10-11-31-17(2)12-21-23(31)6-5-7-24(21)33-3/h5-9,12-14,16H,4,10-11,15H2,1-3H3,(H,27,28,29). The number of carbonyl (C=O) groups excluding carboxylic acids is 1. The lowest BCUT2D eigenvalue weighted by Gasteiger charge is -2.11. The van der Waals surface area contributed by atoms with E-state index in [9.17, 15) is 4.79 Å². The van der Waals surface area contributed by atoms with Gasteiger partial charge < -0.3 is 19.5 Å². The predicted octanol–water partition coefficient (Wildman–Crippen LogP) is 4.50. The maximum Gasteiger partial charge on any atom is 0.254 e. The molecule has 168 valence electrons. The van der Waals surface area contributed by atoms with Gasteiger partial charge in [0.1, 0.15) is 17.9 Å². The van der Waals surface area contributed by atoms with E-state index in [4.69, 9.17) is 4.74 Å². The number of rotatable bonds is 7. The Morgan fingerprint density at radius 3 is 2.82 bits per heavy atom. The van der Waals surface area contributed by atoms with Gasteiger partial charge >= 0.3 is 0 Å². The van der Waals surface area contributed by atoms with Crippen molar-refractivity contribution in [1.82, 2.24) is 19.4 Å². The topological polar surface area (TPSA) is 72.3 Å². The Bertz CT molecular complexity index is 1340. The molecule has 7 heteroatoms. The largest absolute Gasteiger partial charge is 0.496 e. The molecule has 0 saturated heterocycles. The molecule has 0 aliphatic carbocycles. The van der Waals surface area contributed by atoms with Gasteiger partial charge in [-0.2, -0.15) is 0 Å². The van der Waals surface area contributed by atoms with Crippen molar-refractivity contribution in [3.63, 3.8) is 0 Å². The molecule has 0 atom stereocenters. The first-order valence-corrected chi connectivity index (χ1v) is 11.2. The van der Waals surface area contributed by atoms with Gasteiger partial charge in [-0.15, -0.1) is 0 Å². The predicted molar refractivity (Wildman–Crippen MR) is 130 cm³/mol. The molecule has 5 rings (SSSR count). The van der Waals surface area contributed by atoms with Crippen molar-refractivity contribution in [2.75, 3.05) is 25.5 Å². The SMILES string of the molecule is CCN1Cc2cc(-c3cc(NCCn4c(C)cc5c(OC)cccc54)ncn3)ccc2C1=O. The molecule has 0 unspecified atom stereocenters. The minimum absolute atomic E-state index is 0.106. The van der Waals surface area contributed by atoms with E-state index >= 15 is 0 Å². The van der Waals surface area contributed by atoms with Crippen molar-refractivity contribution >= 4 is 22.6 Å². The molecule has 1 aliphatic rings. The van der Waals surface area contributed by atoms with E-state index in [1.807, 2.05) is 42.2 Å². The number of hydrogen-bond acceptors (Lipinski definition) is 5. The highest BCUT2D eigenvalue weighted by atomic mass is 16.5. The normalized spacial score (nSPS) is 12.9. The highest BCUT2D eigenvalue weighted by Crippen LogP contribution is 2.29. The van der Waals surface area contributed by atoms with Crippen LogP contribution in [-0.2, 0) is 13.1 Å². The highest BCUT2D eigenvalue weighted by Gasteiger charge is 2.26. The van der Waals surface area contributed by atoms with Gasteiger partial charge in [0.25, 0.3) is 5.91 Å². The molecule has 2 aromatic heterocycles. The van der Waals surface area contributed by atoms with Crippen LogP contribution in [0.3, 0.4) is 0 Å². The first-order chi connectivity index (χ1) is 16.1. The Morgan fingerprint density at radius 1 is 1.12 bits per heavy atom. The van der Waals surface area contributed by atoms with Crippen LogP contribution in [0.5, 0.6) is 5.75 Å². The Balaban J connectivity index is 1.31. The van der Waals surface area contributed by atoms with E-state index in [-0.39, 0.29) is 5.91 Å². The van der Waals surface area contributed by atoms with Crippen LogP contribution < -0.4 is 10.1 Å². The number of carbonyl (C=O) groups is 1. The number of aromatic nitrogens is 3. The van der Waals surface area contributed by atoms with E-state index in [0.717, 1.165) is 57.9 Å². The third-order valence-corrected chi connectivity index (χ3v) is 6.30. The van der Waals surface area contributed by atoms with E-state index in [1.165, 1.54) is 5.69 Å². The van der Waals surface area contributed by atoms with Crippen molar-refractivity contribution in [3.05, 3.63) is 71.7 Å². The van der Waals surface area contributed by atoms with Crippen LogP contribution in [0.1, 0.15) is 28.5 Å². The van der Waals surface area contributed by atoms with Crippen LogP contribution in [0, 0.1) is 6.92 Å². The molecule has 1 amide bonds. The number of amides is 1. The molecule has 1 N–H and O–H groups in total. The molecular weight excluding hydrogens is 414 g/mol. The zero-order chi connectivity index (χ0) is 22.9. The van der Waals surface area contributed by atoms with Crippen LogP contribution >= 0.6 is 0 Å². The Hall–Kier alpha value is -3.87. The summed E-state index contributed by atoms with van der Waals surface area (Å²) in [7, 11) is 1.70. The maximum atomic E-state index is 12.4. The van der Waals surface area contributed by atoms with Gasteiger partial charge in [0.2, 0.25) is 0 Å². The zero-order valence-electron chi connectivity index (χ0n) is 19.1. The van der Waals surface area contributed by atoms with E-state index in [1.54, 1.807) is 13.4 Å². The summed E-state index contributed by atoms with van der Waals surface area (Å²) in [6.45, 7) is 7.01. The summed E-state index contributed by atoms with van der Waals surface area (Å²) in [5.41, 5.74) is 6.02. The Kier molecular flexibility index (Phi) is 5.46. The molecule has 0 fully saturated rings. The van der Waals surface area contributed by atoms with Gasteiger partial charge in [-0.25, -0.2) is 9.97 Å². The smallest absolute Gasteiger partial charge is 0.254 e. The van der Waals surface area contributed by atoms with Gasteiger partial charge in [-0.1, -0.05) is 12.1 Å². The molecule has 3 heterocycles. The molecule has 0 bridgehead atoms. The average Bonchev–Trinajstić information content (AvgIpc) is 3.34. The molecule has 0 radical (unpaired) electrons. The number of ether oxygens (including phenoxy) is 1. The first-order valence-electron chi connectivity index (χ1n) is 11.2. The van der Waals surface area contributed by atoms with E-state index in [2.05, 4.69) is 45.0 Å². The molecule has 0 spiro atoms. The van der Waals surface area contributed by atoms with Crippen LogP contribution in [0.2, 0.25) is 0 Å². The van der Waals surface area contributed by atoms with E-state index < -0.39 is 0 Å². The minimum atomic E-state index is 0.106. The third-order valence-electron chi connectivity index (χ3n) is 6.30. The lowest BCUT2D eigenvalue weighted by Crippen LogP contribution is -2.22. The number of methoxy groups -OCH3 is 1. The molecule has 2 aromatic carbocycles. The number of fused-ring (bicyclic) bond motifs is 2. The summed E-state index contributed by atoms with van der Waals surface area (Å²) in [6, 6.07) is 16.2. The fraction of sp³-hybridized carbons (Fsp3) is 0.269. The molecular formula is C26H27N5O2. The summed E-state index contributed by atoms with van der Waals surface area (Å²) in [5, 5.41) is 4.55. The van der Waals surface area contributed by atoms with Crippen molar-refractivity contribution in [1.29, 1.82) is 0 Å². The summed E-state index contributed by atoms with van der Waals surface area (Å²) in [6.07, 6.45) is 1.58. The monoisotopic (exact) mass is 441 g/mol. The average molecular weight is 442 g/mol. The van der Waals surface area contributed by atoms with Gasteiger partial charge in [-0.3, -0.25) is 4.79 Å². The second-order valence-electron chi connectivity index (χ2n) is 8.24. The summed E-state index contributed by atoms with van der Waals surface area (Å²) >= 11 is 0. The summed E-state index contributed by atoms with van der Waals surface area (Å²) in [5.74, 6) is 1.77. The van der Waals surface area contributed by atoms with Crippen LogP contribution in [0.4, 0.5) is 5.82 Å². The van der Waals surface area contributed by atoms with Gasteiger partial charge in [0, 0.05) is 54.5 Å². The maximum absolute atomic E-state index is 12.4.